The molecule has 1 aromatic heterocycles. The SMILES string of the molecule is Cc1ccc(C(=O)N2CCN(S(=O)(=O)c3ccc(Cl)c(C(F)(F)F)c3)CC2)s1. The van der Waals surface area contributed by atoms with E-state index in [4.69, 9.17) is 11.6 Å². The first kappa shape index (κ1) is 21.1. The lowest BCUT2D eigenvalue weighted by molar-refractivity contribution is -0.137. The highest BCUT2D eigenvalue weighted by Gasteiger charge is 2.36. The minimum absolute atomic E-state index is 0.00239. The van der Waals surface area contributed by atoms with Gasteiger partial charge in [-0.2, -0.15) is 17.5 Å². The van der Waals surface area contributed by atoms with Crippen molar-refractivity contribution in [1.29, 1.82) is 0 Å². The Kier molecular flexibility index (Phi) is 5.77. The molecule has 5 nitrogen and oxygen atoms in total. The molecule has 0 aliphatic carbocycles. The van der Waals surface area contributed by atoms with Gasteiger partial charge in [0.1, 0.15) is 0 Å². The molecule has 11 heteroatoms. The number of thiophene rings is 1. The second kappa shape index (κ2) is 7.66. The van der Waals surface area contributed by atoms with E-state index in [1.165, 1.54) is 11.3 Å². The Morgan fingerprint density at radius 1 is 1.11 bits per heavy atom. The molecule has 2 aromatic rings. The predicted molar refractivity (Wildman–Crippen MR) is 100 cm³/mol. The first-order valence-electron chi connectivity index (χ1n) is 8.23. The summed E-state index contributed by atoms with van der Waals surface area (Å²) >= 11 is 6.91. The normalized spacial score (nSPS) is 16.4. The molecular weight excluding hydrogens is 437 g/mol. The number of sulfonamides is 1. The highest BCUT2D eigenvalue weighted by Crippen LogP contribution is 2.36. The molecule has 0 unspecified atom stereocenters. The summed E-state index contributed by atoms with van der Waals surface area (Å²) in [6.45, 7) is 2.21. The van der Waals surface area contributed by atoms with Crippen LogP contribution in [0.2, 0.25) is 5.02 Å². The van der Waals surface area contributed by atoms with Gasteiger partial charge in [0.2, 0.25) is 10.0 Å². The fourth-order valence-corrected chi connectivity index (χ4v) is 5.38. The van der Waals surface area contributed by atoms with Crippen LogP contribution in [0.15, 0.2) is 35.2 Å². The number of piperazine rings is 1. The lowest BCUT2D eigenvalue weighted by Crippen LogP contribution is -2.50. The van der Waals surface area contributed by atoms with Gasteiger partial charge in [-0.15, -0.1) is 11.3 Å². The molecule has 0 N–H and O–H groups in total. The number of amides is 1. The van der Waals surface area contributed by atoms with Crippen molar-refractivity contribution in [2.75, 3.05) is 26.2 Å². The molecule has 1 saturated heterocycles. The van der Waals surface area contributed by atoms with Crippen molar-refractivity contribution in [3.8, 4) is 0 Å². The zero-order valence-corrected chi connectivity index (χ0v) is 17.1. The number of carbonyl (C=O) groups is 1. The van der Waals surface area contributed by atoms with E-state index in [1.807, 2.05) is 13.0 Å². The summed E-state index contributed by atoms with van der Waals surface area (Å²) in [7, 11) is -4.13. The molecule has 0 spiro atoms. The van der Waals surface area contributed by atoms with Crippen LogP contribution in [0.3, 0.4) is 0 Å². The molecule has 1 aliphatic heterocycles. The van der Waals surface area contributed by atoms with Crippen LogP contribution in [0.5, 0.6) is 0 Å². The fraction of sp³-hybridized carbons (Fsp3) is 0.353. The zero-order valence-electron chi connectivity index (χ0n) is 14.7. The van der Waals surface area contributed by atoms with Gasteiger partial charge in [-0.05, 0) is 37.3 Å². The van der Waals surface area contributed by atoms with Crippen molar-refractivity contribution in [3.63, 3.8) is 0 Å². The van der Waals surface area contributed by atoms with Gasteiger partial charge >= 0.3 is 6.18 Å². The Balaban J connectivity index is 1.76. The van der Waals surface area contributed by atoms with Crippen LogP contribution in [-0.4, -0.2) is 49.7 Å². The standard InChI is InChI=1S/C17H16ClF3N2O3S2/c1-11-2-5-15(27-11)16(24)22-6-8-23(9-7-22)28(25,26)12-3-4-14(18)13(10-12)17(19,20)21/h2-5,10H,6-9H2,1H3. The van der Waals surface area contributed by atoms with Crippen LogP contribution in [0.1, 0.15) is 20.1 Å². The quantitative estimate of drug-likeness (QED) is 0.710. The van der Waals surface area contributed by atoms with Gasteiger partial charge in [-0.1, -0.05) is 11.6 Å². The van der Waals surface area contributed by atoms with Crippen molar-refractivity contribution >= 4 is 38.9 Å². The number of alkyl halides is 3. The Bertz CT molecular complexity index is 997. The first-order chi connectivity index (χ1) is 13.0. The molecule has 2 heterocycles. The largest absolute Gasteiger partial charge is 0.417 e. The van der Waals surface area contributed by atoms with Crippen molar-refractivity contribution < 1.29 is 26.4 Å². The molecule has 28 heavy (non-hydrogen) atoms. The molecule has 1 fully saturated rings. The summed E-state index contributed by atoms with van der Waals surface area (Å²) in [5.41, 5.74) is -1.20. The summed E-state index contributed by atoms with van der Waals surface area (Å²) in [5.74, 6) is -0.180. The Morgan fingerprint density at radius 2 is 1.75 bits per heavy atom. The summed E-state index contributed by atoms with van der Waals surface area (Å²) in [6.07, 6.45) is -4.76. The number of benzene rings is 1. The van der Waals surface area contributed by atoms with E-state index in [1.54, 1.807) is 11.0 Å². The third-order valence-electron chi connectivity index (χ3n) is 4.36. The lowest BCUT2D eigenvalue weighted by Gasteiger charge is -2.33. The molecular formula is C17H16ClF3N2O3S2. The highest BCUT2D eigenvalue weighted by atomic mass is 35.5. The van der Waals surface area contributed by atoms with E-state index < -0.39 is 31.7 Å². The summed E-state index contributed by atoms with van der Waals surface area (Å²) in [4.78, 5) is 15.1. The van der Waals surface area contributed by atoms with Crippen LogP contribution < -0.4 is 0 Å². The number of hydrogen-bond acceptors (Lipinski definition) is 4. The molecule has 0 bridgehead atoms. The number of carbonyl (C=O) groups excluding carboxylic acids is 1. The number of rotatable bonds is 3. The molecule has 152 valence electrons. The third kappa shape index (κ3) is 4.19. The van der Waals surface area contributed by atoms with Crippen molar-refractivity contribution in [1.82, 2.24) is 9.21 Å². The highest BCUT2D eigenvalue weighted by molar-refractivity contribution is 7.89. The lowest BCUT2D eigenvalue weighted by atomic mass is 10.2. The van der Waals surface area contributed by atoms with Gasteiger partial charge in [0, 0.05) is 31.1 Å². The Labute approximate surface area is 169 Å². The van der Waals surface area contributed by atoms with E-state index in [2.05, 4.69) is 0 Å². The van der Waals surface area contributed by atoms with Gasteiger partial charge in [0.25, 0.3) is 5.91 Å². The van der Waals surface area contributed by atoms with Gasteiger partial charge < -0.3 is 4.90 Å². The van der Waals surface area contributed by atoms with Crippen molar-refractivity contribution in [2.24, 2.45) is 0 Å². The minimum Gasteiger partial charge on any atom is -0.335 e. The van der Waals surface area contributed by atoms with Crippen LogP contribution >= 0.6 is 22.9 Å². The summed E-state index contributed by atoms with van der Waals surface area (Å²) in [6, 6.07) is 6.08. The minimum atomic E-state index is -4.76. The van der Waals surface area contributed by atoms with Gasteiger partial charge in [0.15, 0.2) is 0 Å². The molecule has 3 rings (SSSR count). The molecule has 1 aromatic carbocycles. The second-order valence-electron chi connectivity index (χ2n) is 6.25. The van der Waals surface area contributed by atoms with Gasteiger partial charge in [0.05, 0.1) is 20.4 Å². The fourth-order valence-electron chi connectivity index (χ4n) is 2.87. The number of nitrogens with zero attached hydrogens (tertiary/aromatic N) is 2. The summed E-state index contributed by atoms with van der Waals surface area (Å²) < 4.78 is 65.6. The molecule has 1 aliphatic rings. The predicted octanol–water partition coefficient (Wildman–Crippen LogP) is 3.88. The van der Waals surface area contributed by atoms with Crippen molar-refractivity contribution in [2.45, 2.75) is 18.0 Å². The maximum absolute atomic E-state index is 13.0. The molecule has 0 saturated carbocycles. The van der Waals surface area contributed by atoms with Crippen LogP contribution in [0.25, 0.3) is 0 Å². The number of halogens is 4. The number of aryl methyl sites for hydroxylation is 1. The van der Waals surface area contributed by atoms with E-state index in [9.17, 15) is 26.4 Å². The maximum Gasteiger partial charge on any atom is 0.417 e. The molecule has 1 amide bonds. The second-order valence-corrected chi connectivity index (χ2v) is 9.88. The molecule has 0 radical (unpaired) electrons. The topological polar surface area (TPSA) is 57.7 Å². The van der Waals surface area contributed by atoms with Crippen LogP contribution in [0, 0.1) is 6.92 Å². The maximum atomic E-state index is 13.0. The van der Waals surface area contributed by atoms with Gasteiger partial charge in [-0.25, -0.2) is 8.42 Å². The third-order valence-corrected chi connectivity index (χ3v) is 7.57. The van der Waals surface area contributed by atoms with Crippen LogP contribution in [-0.2, 0) is 16.2 Å². The van der Waals surface area contributed by atoms with Gasteiger partial charge in [-0.3, -0.25) is 4.79 Å². The monoisotopic (exact) mass is 452 g/mol. The zero-order chi connectivity index (χ0) is 20.7. The Hall–Kier alpha value is -1.62. The average Bonchev–Trinajstić information content (AvgIpc) is 3.07. The first-order valence-corrected chi connectivity index (χ1v) is 10.9. The van der Waals surface area contributed by atoms with E-state index in [0.717, 1.165) is 21.3 Å². The average molecular weight is 453 g/mol. The smallest absolute Gasteiger partial charge is 0.335 e. The summed E-state index contributed by atoms with van der Waals surface area (Å²) in [5, 5.41) is -0.562. The van der Waals surface area contributed by atoms with E-state index >= 15 is 0 Å². The van der Waals surface area contributed by atoms with E-state index in [-0.39, 0.29) is 32.1 Å². The number of hydrogen-bond donors (Lipinski definition) is 0. The molecule has 0 atom stereocenters. The van der Waals surface area contributed by atoms with Crippen LogP contribution in [0.4, 0.5) is 13.2 Å². The van der Waals surface area contributed by atoms with Crippen molar-refractivity contribution in [3.05, 3.63) is 50.7 Å². The Morgan fingerprint density at radius 3 is 2.29 bits per heavy atom. The van der Waals surface area contributed by atoms with E-state index in [0.29, 0.717) is 10.9 Å².